The summed E-state index contributed by atoms with van der Waals surface area (Å²) >= 11 is 0. The fourth-order valence-corrected chi connectivity index (χ4v) is 1.92. The average molecular weight is 257 g/mol. The molecule has 1 aromatic carbocycles. The second-order valence-electron chi connectivity index (χ2n) is 5.14. The Bertz CT molecular complexity index is 527. The van der Waals surface area contributed by atoms with Crippen LogP contribution in [-0.4, -0.2) is 4.57 Å². The van der Waals surface area contributed by atoms with Crippen LogP contribution in [0.5, 0.6) is 0 Å². The van der Waals surface area contributed by atoms with Crippen LogP contribution < -0.4 is 4.57 Å². The van der Waals surface area contributed by atoms with Crippen molar-refractivity contribution in [3.05, 3.63) is 42.7 Å². The predicted octanol–water partition coefficient (Wildman–Crippen LogP) is 4.35. The van der Waals surface area contributed by atoms with Crippen molar-refractivity contribution in [2.45, 2.75) is 39.8 Å². The second kappa shape index (κ2) is 5.78. The molecular weight excluding hydrogens is 236 g/mol. The summed E-state index contributed by atoms with van der Waals surface area (Å²) in [4.78, 5) is 0. The van der Waals surface area contributed by atoms with Crippen molar-refractivity contribution in [1.82, 2.24) is 4.57 Å². The van der Waals surface area contributed by atoms with E-state index in [0.29, 0.717) is 12.1 Å². The molecule has 2 aromatic rings. The number of hydrogen-bond acceptors (Lipinski definition) is 2. The lowest BCUT2D eigenvalue weighted by Crippen LogP contribution is -2.34. The summed E-state index contributed by atoms with van der Waals surface area (Å²) in [5.41, 5.74) is 0.870. The molecule has 0 fully saturated rings. The third kappa shape index (κ3) is 3.08. The Morgan fingerprint density at radius 1 is 1.00 bits per heavy atom. The average Bonchev–Trinajstić information content (AvgIpc) is 2.81. The van der Waals surface area contributed by atoms with E-state index in [9.17, 15) is 0 Å². The molecule has 0 bridgehead atoms. The van der Waals surface area contributed by atoms with Gasteiger partial charge in [-0.05, 0) is 39.8 Å². The molecule has 100 valence electrons. The van der Waals surface area contributed by atoms with Gasteiger partial charge in [-0.25, -0.2) is 9.13 Å². The monoisotopic (exact) mass is 257 g/mol. The van der Waals surface area contributed by atoms with E-state index in [-0.39, 0.29) is 0 Å². The number of nitrogens with zero attached hydrogens (tertiary/aromatic N) is 4. The smallest absolute Gasteiger partial charge is 0.229 e. The first-order valence-corrected chi connectivity index (χ1v) is 6.68. The molecule has 1 heterocycles. The number of hydrogen-bond donors (Lipinski definition) is 0. The first-order chi connectivity index (χ1) is 9.09. The molecule has 4 heteroatoms. The molecule has 0 unspecified atom stereocenters. The molecule has 0 aliphatic carbocycles. The van der Waals surface area contributed by atoms with E-state index in [1.165, 1.54) is 0 Å². The fourth-order valence-electron chi connectivity index (χ4n) is 1.92. The highest BCUT2D eigenvalue weighted by atomic mass is 15.3. The van der Waals surface area contributed by atoms with Gasteiger partial charge < -0.3 is 0 Å². The van der Waals surface area contributed by atoms with Crippen LogP contribution in [0.15, 0.2) is 53.0 Å². The van der Waals surface area contributed by atoms with E-state index in [4.69, 9.17) is 0 Å². The van der Waals surface area contributed by atoms with Crippen molar-refractivity contribution in [3.8, 4) is 0 Å². The lowest BCUT2D eigenvalue weighted by atomic mass is 10.3. The zero-order valence-electron chi connectivity index (χ0n) is 12.0. The van der Waals surface area contributed by atoms with Crippen molar-refractivity contribution in [2.24, 2.45) is 10.2 Å². The molecule has 0 saturated heterocycles. The van der Waals surface area contributed by atoms with Crippen molar-refractivity contribution in [2.75, 3.05) is 0 Å². The van der Waals surface area contributed by atoms with Gasteiger partial charge in [0.25, 0.3) is 0 Å². The van der Waals surface area contributed by atoms with Crippen LogP contribution in [0.1, 0.15) is 39.8 Å². The van der Waals surface area contributed by atoms with Crippen LogP contribution in [0.2, 0.25) is 0 Å². The lowest BCUT2D eigenvalue weighted by molar-refractivity contribution is -0.703. The highest BCUT2D eigenvalue weighted by Crippen LogP contribution is 2.19. The Balaban J connectivity index is 2.37. The van der Waals surface area contributed by atoms with Gasteiger partial charge in [-0.1, -0.05) is 23.3 Å². The number of rotatable bonds is 4. The Kier molecular flexibility index (Phi) is 4.10. The molecule has 0 N–H and O–H groups in total. The second-order valence-corrected chi connectivity index (χ2v) is 5.14. The highest BCUT2D eigenvalue weighted by Gasteiger charge is 2.21. The van der Waals surface area contributed by atoms with E-state index in [2.05, 4.69) is 59.5 Å². The normalized spacial score (nSPS) is 11.9. The zero-order chi connectivity index (χ0) is 13.8. The van der Waals surface area contributed by atoms with Crippen LogP contribution in [0.25, 0.3) is 0 Å². The van der Waals surface area contributed by atoms with Crippen LogP contribution in [-0.2, 0) is 0 Å². The molecule has 2 rings (SSSR count). The summed E-state index contributed by atoms with van der Waals surface area (Å²) in [7, 11) is 0. The van der Waals surface area contributed by atoms with Crippen molar-refractivity contribution in [3.63, 3.8) is 0 Å². The van der Waals surface area contributed by atoms with E-state index in [1.54, 1.807) is 0 Å². The van der Waals surface area contributed by atoms with Crippen molar-refractivity contribution < 1.29 is 4.57 Å². The van der Waals surface area contributed by atoms with Gasteiger partial charge in [0.1, 0.15) is 5.69 Å². The molecule has 0 radical (unpaired) electrons. The van der Waals surface area contributed by atoms with Gasteiger partial charge in [-0.2, -0.15) is 0 Å². The fraction of sp³-hybridized carbons (Fsp3) is 0.400. The topological polar surface area (TPSA) is 33.5 Å². The molecule has 0 spiro atoms. The maximum Gasteiger partial charge on any atom is 0.421 e. The number of azo groups is 1. The van der Waals surface area contributed by atoms with Crippen LogP contribution in [0.3, 0.4) is 0 Å². The predicted molar refractivity (Wildman–Crippen MR) is 76.0 cm³/mol. The third-order valence-electron chi connectivity index (χ3n) is 2.97. The van der Waals surface area contributed by atoms with Gasteiger partial charge in [0.05, 0.1) is 24.5 Å². The van der Waals surface area contributed by atoms with Crippen LogP contribution in [0, 0.1) is 0 Å². The highest BCUT2D eigenvalue weighted by molar-refractivity contribution is 5.35. The summed E-state index contributed by atoms with van der Waals surface area (Å²) in [6.07, 6.45) is 4.12. The maximum absolute atomic E-state index is 4.43. The molecular formula is C15H21N4+. The lowest BCUT2D eigenvalue weighted by Gasteiger charge is -2.05. The van der Waals surface area contributed by atoms with Crippen LogP contribution >= 0.6 is 0 Å². The zero-order valence-corrected chi connectivity index (χ0v) is 12.0. The number of benzene rings is 1. The molecule has 0 saturated carbocycles. The maximum atomic E-state index is 4.43. The van der Waals surface area contributed by atoms with Gasteiger partial charge in [0.2, 0.25) is 0 Å². The van der Waals surface area contributed by atoms with Crippen LogP contribution in [0.4, 0.5) is 11.6 Å². The van der Waals surface area contributed by atoms with Crippen molar-refractivity contribution in [1.29, 1.82) is 0 Å². The van der Waals surface area contributed by atoms with E-state index >= 15 is 0 Å². The quantitative estimate of drug-likeness (QED) is 0.576. The molecule has 1 aromatic heterocycles. The molecule has 0 amide bonds. The molecule has 0 atom stereocenters. The minimum atomic E-state index is 0.365. The van der Waals surface area contributed by atoms with Gasteiger partial charge in [0.15, 0.2) is 0 Å². The summed E-state index contributed by atoms with van der Waals surface area (Å²) in [5.74, 6) is 0.883. The first kappa shape index (κ1) is 13.5. The Morgan fingerprint density at radius 3 is 2.26 bits per heavy atom. The Morgan fingerprint density at radius 2 is 1.68 bits per heavy atom. The minimum absolute atomic E-state index is 0.365. The van der Waals surface area contributed by atoms with E-state index < -0.39 is 0 Å². The van der Waals surface area contributed by atoms with Gasteiger partial charge in [0, 0.05) is 5.11 Å². The Labute approximate surface area is 114 Å². The number of aromatic nitrogens is 2. The van der Waals surface area contributed by atoms with Gasteiger partial charge in [-0.3, -0.25) is 0 Å². The van der Waals surface area contributed by atoms with E-state index in [0.717, 1.165) is 11.6 Å². The summed E-state index contributed by atoms with van der Waals surface area (Å²) in [5, 5.41) is 8.75. The minimum Gasteiger partial charge on any atom is -0.229 e. The summed E-state index contributed by atoms with van der Waals surface area (Å²) < 4.78 is 4.26. The molecule has 4 nitrogen and oxygen atoms in total. The van der Waals surface area contributed by atoms with E-state index in [1.807, 2.05) is 30.3 Å². The van der Waals surface area contributed by atoms with Gasteiger partial charge in [-0.15, -0.1) is 0 Å². The first-order valence-electron chi connectivity index (χ1n) is 6.68. The standard InChI is InChI=1S/C15H21N4/c1-12(2)18-10-11-19(13(3)4)15(18)17-16-14-8-6-5-7-9-14/h5-13H,1-4H3/q+1. The largest absolute Gasteiger partial charge is 0.421 e. The SMILES string of the molecule is CC(C)n1cc[n+](C(C)C)c1N=Nc1ccccc1. The summed E-state index contributed by atoms with van der Waals surface area (Å²) in [6, 6.07) is 10.5. The van der Waals surface area contributed by atoms with Gasteiger partial charge >= 0.3 is 5.95 Å². The summed E-state index contributed by atoms with van der Waals surface area (Å²) in [6.45, 7) is 8.58. The number of imidazole rings is 1. The third-order valence-corrected chi connectivity index (χ3v) is 2.97. The molecule has 0 aliphatic rings. The van der Waals surface area contributed by atoms with Crippen molar-refractivity contribution >= 4 is 11.6 Å². The Hall–Kier alpha value is -1.97. The molecule has 0 aliphatic heterocycles. The molecule has 19 heavy (non-hydrogen) atoms.